The molecule has 3 N–H and O–H groups in total. The molecule has 0 radical (unpaired) electrons. The van der Waals surface area contributed by atoms with Crippen LogP contribution in [0.2, 0.25) is 0 Å². The molecule has 0 aliphatic rings. The molecule has 0 bridgehead atoms. The largest absolute Gasteiger partial charge is 0.466 e. The normalized spacial score (nSPS) is 12.7. The third kappa shape index (κ3) is 51.6. The molecule has 0 aliphatic carbocycles. The Morgan fingerprint density at radius 1 is 0.415 bits per heavy atom. The van der Waals surface area contributed by atoms with Crippen LogP contribution in [0.3, 0.4) is 0 Å². The van der Waals surface area contributed by atoms with Gasteiger partial charge in [-0.25, -0.2) is 0 Å². The van der Waals surface area contributed by atoms with E-state index in [1.54, 1.807) is 0 Å². The Labute approximate surface area is 405 Å². The van der Waals surface area contributed by atoms with E-state index in [4.69, 9.17) is 4.74 Å². The maximum absolute atomic E-state index is 12.5. The monoisotopic (exact) mass is 916 g/mol. The summed E-state index contributed by atoms with van der Waals surface area (Å²) in [5.74, 6) is -0.0418. The van der Waals surface area contributed by atoms with Gasteiger partial charge >= 0.3 is 5.97 Å². The van der Waals surface area contributed by atoms with Crippen molar-refractivity contribution in [2.45, 2.75) is 328 Å². The predicted molar refractivity (Wildman–Crippen MR) is 283 cm³/mol. The van der Waals surface area contributed by atoms with E-state index in [0.717, 1.165) is 44.9 Å². The van der Waals surface area contributed by atoms with Crippen LogP contribution >= 0.6 is 0 Å². The number of ether oxygens (including phenoxy) is 1. The molecule has 65 heavy (non-hydrogen) atoms. The third-order valence-electron chi connectivity index (χ3n) is 13.5. The van der Waals surface area contributed by atoms with Gasteiger partial charge in [0, 0.05) is 12.8 Å². The minimum atomic E-state index is -0.668. The van der Waals surface area contributed by atoms with Gasteiger partial charge < -0.3 is 20.3 Å². The molecule has 0 aromatic rings. The Morgan fingerprint density at radius 3 is 1.14 bits per heavy atom. The van der Waals surface area contributed by atoms with Crippen molar-refractivity contribution in [2.24, 2.45) is 0 Å². The molecule has 0 aromatic heterocycles. The second kappa shape index (κ2) is 54.9. The highest BCUT2D eigenvalue weighted by Gasteiger charge is 2.20. The van der Waals surface area contributed by atoms with Crippen molar-refractivity contribution in [3.8, 4) is 0 Å². The fourth-order valence-electron chi connectivity index (χ4n) is 8.97. The fourth-order valence-corrected chi connectivity index (χ4v) is 8.97. The molecule has 6 heteroatoms. The van der Waals surface area contributed by atoms with Crippen molar-refractivity contribution in [1.29, 1.82) is 0 Å². The smallest absolute Gasteiger partial charge is 0.305 e. The number of allylic oxidation sites excluding steroid dienone is 4. The lowest BCUT2D eigenvalue weighted by molar-refractivity contribution is -0.143. The average Bonchev–Trinajstić information content (AvgIpc) is 3.31. The Kier molecular flexibility index (Phi) is 53.5. The molecule has 2 unspecified atom stereocenters. The number of amides is 1. The molecule has 0 spiro atoms. The second-order valence-corrected chi connectivity index (χ2v) is 20.0. The minimum Gasteiger partial charge on any atom is -0.466 e. The molecule has 0 saturated carbocycles. The molecule has 0 aromatic carbocycles. The predicted octanol–water partition coefficient (Wildman–Crippen LogP) is 17.9. The average molecular weight is 917 g/mol. The van der Waals surface area contributed by atoms with Gasteiger partial charge in [-0.3, -0.25) is 9.59 Å². The summed E-state index contributed by atoms with van der Waals surface area (Å²) in [6.45, 7) is 4.92. The molecule has 0 fully saturated rings. The molecule has 0 rings (SSSR count). The van der Waals surface area contributed by atoms with Gasteiger partial charge in [-0.15, -0.1) is 0 Å². The number of carbonyl (C=O) groups excluding carboxylic acids is 2. The number of aliphatic hydroxyl groups excluding tert-OH is 2. The van der Waals surface area contributed by atoms with Gasteiger partial charge in [0.1, 0.15) is 0 Å². The van der Waals surface area contributed by atoms with Crippen LogP contribution < -0.4 is 5.32 Å². The van der Waals surface area contributed by atoms with Gasteiger partial charge in [0.25, 0.3) is 0 Å². The standard InChI is InChI=1S/C59H113NO5/c1-3-5-7-9-11-13-15-16-25-28-32-35-39-43-47-51-57(62)56(55-61)60-58(63)52-48-44-40-36-33-29-26-23-21-19-17-18-20-22-24-27-30-34-38-42-46-50-54-65-59(64)53-49-45-41-37-31-14-12-10-8-6-4-2/h10,12,19,21,56-57,61-62H,3-9,11,13-18,20,22-55H2,1-2H3,(H,60,63)/b12-10-,21-19-. The summed E-state index contributed by atoms with van der Waals surface area (Å²) < 4.78 is 5.45. The van der Waals surface area contributed by atoms with Gasteiger partial charge in [-0.1, -0.05) is 256 Å². The second-order valence-electron chi connectivity index (χ2n) is 20.0. The first-order valence-corrected chi connectivity index (χ1v) is 29.1. The molecular formula is C59H113NO5. The Bertz CT molecular complexity index is 1010. The van der Waals surface area contributed by atoms with E-state index in [9.17, 15) is 19.8 Å². The first kappa shape index (κ1) is 63.3. The van der Waals surface area contributed by atoms with E-state index in [0.29, 0.717) is 25.9 Å². The van der Waals surface area contributed by atoms with Crippen LogP contribution in [0.5, 0.6) is 0 Å². The third-order valence-corrected chi connectivity index (χ3v) is 13.5. The van der Waals surface area contributed by atoms with Crippen molar-refractivity contribution < 1.29 is 24.5 Å². The van der Waals surface area contributed by atoms with Crippen LogP contribution in [0.4, 0.5) is 0 Å². The first-order chi connectivity index (χ1) is 32.0. The molecule has 6 nitrogen and oxygen atoms in total. The van der Waals surface area contributed by atoms with E-state index in [1.807, 2.05) is 0 Å². The highest BCUT2D eigenvalue weighted by molar-refractivity contribution is 5.76. The summed E-state index contributed by atoms with van der Waals surface area (Å²) in [6, 6.07) is -0.546. The molecule has 384 valence electrons. The lowest BCUT2D eigenvalue weighted by atomic mass is 10.0. The number of esters is 1. The van der Waals surface area contributed by atoms with Gasteiger partial charge in [-0.2, -0.15) is 0 Å². The van der Waals surface area contributed by atoms with Crippen LogP contribution in [-0.2, 0) is 14.3 Å². The highest BCUT2D eigenvalue weighted by Crippen LogP contribution is 2.17. The van der Waals surface area contributed by atoms with Crippen molar-refractivity contribution in [3.05, 3.63) is 24.3 Å². The van der Waals surface area contributed by atoms with Crippen LogP contribution in [0, 0.1) is 0 Å². The highest BCUT2D eigenvalue weighted by atomic mass is 16.5. The van der Waals surface area contributed by atoms with E-state index < -0.39 is 12.1 Å². The quantitative estimate of drug-likeness (QED) is 0.0321. The number of rotatable bonds is 54. The molecule has 2 atom stereocenters. The van der Waals surface area contributed by atoms with Gasteiger partial charge in [0.05, 0.1) is 25.4 Å². The van der Waals surface area contributed by atoms with E-state index in [2.05, 4.69) is 43.5 Å². The molecule has 0 heterocycles. The van der Waals surface area contributed by atoms with Crippen molar-refractivity contribution in [1.82, 2.24) is 5.32 Å². The lowest BCUT2D eigenvalue weighted by Gasteiger charge is -2.22. The van der Waals surface area contributed by atoms with E-state index in [1.165, 1.54) is 238 Å². The van der Waals surface area contributed by atoms with Crippen molar-refractivity contribution >= 4 is 11.9 Å². The summed E-state index contributed by atoms with van der Waals surface area (Å²) in [4.78, 5) is 24.4. The summed E-state index contributed by atoms with van der Waals surface area (Å²) in [5, 5.41) is 23.3. The van der Waals surface area contributed by atoms with E-state index in [-0.39, 0.29) is 18.5 Å². The zero-order valence-electron chi connectivity index (χ0n) is 43.7. The SMILES string of the molecule is CCCC/C=C\CCCCCCCC(=O)OCCCCCCCCCCCCC/C=C\CCCCCCCCCC(=O)NC(CO)C(O)CCCCCCCCCCCCCCCCC. The number of hydrogen-bond acceptors (Lipinski definition) is 5. The molecular weight excluding hydrogens is 803 g/mol. The van der Waals surface area contributed by atoms with Gasteiger partial charge in [0.15, 0.2) is 0 Å². The van der Waals surface area contributed by atoms with Gasteiger partial charge in [-0.05, 0) is 70.6 Å². The van der Waals surface area contributed by atoms with Crippen molar-refractivity contribution in [3.63, 3.8) is 0 Å². The Balaban J connectivity index is 3.42. The van der Waals surface area contributed by atoms with Crippen molar-refractivity contribution in [2.75, 3.05) is 13.2 Å². The van der Waals surface area contributed by atoms with Crippen LogP contribution in [0.15, 0.2) is 24.3 Å². The first-order valence-electron chi connectivity index (χ1n) is 29.1. The Morgan fingerprint density at radius 2 is 0.738 bits per heavy atom. The lowest BCUT2D eigenvalue weighted by Crippen LogP contribution is -2.45. The molecule has 0 saturated heterocycles. The fraction of sp³-hybridized carbons (Fsp3) is 0.898. The summed E-state index contributed by atoms with van der Waals surface area (Å²) in [7, 11) is 0. The van der Waals surface area contributed by atoms with Crippen LogP contribution in [0.1, 0.15) is 316 Å². The summed E-state index contributed by atoms with van der Waals surface area (Å²) in [6.07, 6.45) is 66.0. The number of carbonyl (C=O) groups is 2. The number of aliphatic hydroxyl groups is 2. The van der Waals surface area contributed by atoms with Gasteiger partial charge in [0.2, 0.25) is 5.91 Å². The molecule has 1 amide bonds. The zero-order valence-corrected chi connectivity index (χ0v) is 43.7. The zero-order chi connectivity index (χ0) is 47.2. The number of nitrogens with one attached hydrogen (secondary N) is 1. The van der Waals surface area contributed by atoms with E-state index >= 15 is 0 Å². The van der Waals surface area contributed by atoms with Crippen LogP contribution in [-0.4, -0.2) is 47.4 Å². The molecule has 0 aliphatic heterocycles. The summed E-state index contributed by atoms with van der Waals surface area (Å²) >= 11 is 0. The number of hydrogen-bond donors (Lipinski definition) is 3. The Hall–Kier alpha value is -1.66. The summed E-state index contributed by atoms with van der Waals surface area (Å²) in [5.41, 5.74) is 0. The maximum atomic E-state index is 12.5. The minimum absolute atomic E-state index is 0.00108. The van der Waals surface area contributed by atoms with Crippen LogP contribution in [0.25, 0.3) is 0 Å². The maximum Gasteiger partial charge on any atom is 0.305 e. The number of unbranched alkanes of at least 4 members (excludes halogenated alkanes) is 39. The topological polar surface area (TPSA) is 95.9 Å².